The number of benzene rings is 1. The Bertz CT molecular complexity index is 836. The van der Waals surface area contributed by atoms with Crippen LogP contribution in [0.4, 0.5) is 5.82 Å². The Morgan fingerprint density at radius 1 is 1.27 bits per heavy atom. The molecule has 0 fully saturated rings. The van der Waals surface area contributed by atoms with E-state index < -0.39 is 0 Å². The minimum absolute atomic E-state index is 0.0865. The number of likely N-dealkylation sites (N-methyl/N-ethyl adjacent to an activating group) is 1. The van der Waals surface area contributed by atoms with Crippen LogP contribution in [0.25, 0.3) is 0 Å². The molecule has 0 atom stereocenters. The fraction of sp³-hybridized carbons (Fsp3) is 0.353. The van der Waals surface area contributed by atoms with E-state index >= 15 is 0 Å². The number of hydrogen-bond donors (Lipinski definition) is 1. The number of ether oxygens (including phenoxy) is 2. The number of fused-ring (bicyclic) bond motifs is 1. The highest BCUT2D eigenvalue weighted by Crippen LogP contribution is 2.38. The van der Waals surface area contributed by atoms with Gasteiger partial charge in [-0.15, -0.1) is 0 Å². The summed E-state index contributed by atoms with van der Waals surface area (Å²) in [7, 11) is 1.55. The van der Waals surface area contributed by atoms with Crippen molar-refractivity contribution in [1.82, 2.24) is 10.1 Å². The van der Waals surface area contributed by atoms with Gasteiger partial charge in [0.05, 0.1) is 18.0 Å². The number of nitrogens with zero attached hydrogens (tertiary/aromatic N) is 2. The molecular weight excluding hydrogens is 362 g/mol. The van der Waals surface area contributed by atoms with Crippen molar-refractivity contribution in [3.05, 3.63) is 34.5 Å². The van der Waals surface area contributed by atoms with E-state index in [9.17, 15) is 9.59 Å². The molecule has 2 aromatic rings. The summed E-state index contributed by atoms with van der Waals surface area (Å²) in [5.41, 5.74) is 0.684. The highest BCUT2D eigenvalue weighted by molar-refractivity contribution is 6.32. The second kappa shape index (κ2) is 7.65. The third-order valence-corrected chi connectivity index (χ3v) is 3.99. The Labute approximate surface area is 155 Å². The summed E-state index contributed by atoms with van der Waals surface area (Å²) in [6.45, 7) is 2.48. The lowest BCUT2D eigenvalue weighted by molar-refractivity contribution is -0.132. The molecule has 138 valence electrons. The number of hydrogen-bond acceptors (Lipinski definition) is 6. The molecule has 0 saturated carbocycles. The zero-order valence-corrected chi connectivity index (χ0v) is 15.1. The van der Waals surface area contributed by atoms with E-state index in [2.05, 4.69) is 10.5 Å². The third-order valence-electron chi connectivity index (χ3n) is 3.71. The van der Waals surface area contributed by atoms with Crippen LogP contribution < -0.4 is 14.8 Å². The number of carbonyl (C=O) groups excluding carboxylic acids is 2. The first kappa shape index (κ1) is 18.1. The molecule has 0 aliphatic carbocycles. The molecule has 0 bridgehead atoms. The number of carbonyl (C=O) groups is 2. The van der Waals surface area contributed by atoms with E-state index in [1.165, 1.54) is 4.90 Å². The molecule has 2 heterocycles. The molecule has 1 aromatic heterocycles. The molecule has 3 rings (SSSR count). The fourth-order valence-electron chi connectivity index (χ4n) is 2.49. The predicted octanol–water partition coefficient (Wildman–Crippen LogP) is 2.05. The molecule has 0 radical (unpaired) electrons. The normalized spacial score (nSPS) is 12.6. The van der Waals surface area contributed by atoms with Gasteiger partial charge in [0.15, 0.2) is 17.3 Å². The lowest BCUT2D eigenvalue weighted by Crippen LogP contribution is -2.35. The first-order valence-electron chi connectivity index (χ1n) is 7.97. The summed E-state index contributed by atoms with van der Waals surface area (Å²) in [6, 6.07) is 4.99. The topological polar surface area (TPSA) is 93.9 Å². The molecule has 1 N–H and O–H groups in total. The van der Waals surface area contributed by atoms with E-state index in [0.29, 0.717) is 46.9 Å². The standard InChI is InChI=1S/C17H18ClN3O5/c1-10-5-14(20-26-10)19-15(22)9-21(2)16(23)8-11-6-12(18)17-13(7-11)24-3-4-25-17/h5-7H,3-4,8-9H2,1-2H3,(H,19,20,22). The van der Waals surface area contributed by atoms with E-state index in [-0.39, 0.29) is 24.8 Å². The summed E-state index contributed by atoms with van der Waals surface area (Å²) in [4.78, 5) is 25.7. The second-order valence-electron chi connectivity index (χ2n) is 5.90. The van der Waals surface area contributed by atoms with E-state index in [4.69, 9.17) is 25.6 Å². The molecule has 9 heteroatoms. The smallest absolute Gasteiger partial charge is 0.245 e. The second-order valence-corrected chi connectivity index (χ2v) is 6.31. The third kappa shape index (κ3) is 4.26. The van der Waals surface area contributed by atoms with Crippen LogP contribution in [0.5, 0.6) is 11.5 Å². The van der Waals surface area contributed by atoms with Gasteiger partial charge in [-0.05, 0) is 24.6 Å². The van der Waals surface area contributed by atoms with Gasteiger partial charge in [-0.3, -0.25) is 9.59 Å². The van der Waals surface area contributed by atoms with Gasteiger partial charge in [-0.1, -0.05) is 16.8 Å². The first-order valence-corrected chi connectivity index (χ1v) is 8.35. The largest absolute Gasteiger partial charge is 0.486 e. The lowest BCUT2D eigenvalue weighted by Gasteiger charge is -2.21. The van der Waals surface area contributed by atoms with Crippen LogP contribution in [-0.2, 0) is 16.0 Å². The van der Waals surface area contributed by atoms with Gasteiger partial charge in [0, 0.05) is 13.1 Å². The number of anilines is 1. The Morgan fingerprint density at radius 3 is 2.77 bits per heavy atom. The molecule has 8 nitrogen and oxygen atoms in total. The molecule has 0 spiro atoms. The van der Waals surface area contributed by atoms with Crippen LogP contribution in [0.2, 0.25) is 5.02 Å². The van der Waals surface area contributed by atoms with Gasteiger partial charge >= 0.3 is 0 Å². The van der Waals surface area contributed by atoms with Gasteiger partial charge < -0.3 is 24.2 Å². The summed E-state index contributed by atoms with van der Waals surface area (Å²) in [5, 5.41) is 6.64. The zero-order chi connectivity index (χ0) is 18.7. The zero-order valence-electron chi connectivity index (χ0n) is 14.4. The van der Waals surface area contributed by atoms with Crippen molar-refractivity contribution >= 4 is 29.2 Å². The lowest BCUT2D eigenvalue weighted by atomic mass is 10.1. The van der Waals surface area contributed by atoms with Gasteiger partial charge in [0.25, 0.3) is 0 Å². The van der Waals surface area contributed by atoms with Crippen LogP contribution in [0, 0.1) is 6.92 Å². The summed E-state index contributed by atoms with van der Waals surface area (Å²) >= 11 is 6.18. The maximum atomic E-state index is 12.4. The van der Waals surface area contributed by atoms with E-state index in [0.717, 1.165) is 0 Å². The van der Waals surface area contributed by atoms with Crippen molar-refractivity contribution in [3.8, 4) is 11.5 Å². The monoisotopic (exact) mass is 379 g/mol. The van der Waals surface area contributed by atoms with Crippen LogP contribution in [-0.4, -0.2) is 48.7 Å². The molecule has 1 aliphatic heterocycles. The highest BCUT2D eigenvalue weighted by atomic mass is 35.5. The number of aryl methyl sites for hydroxylation is 1. The Balaban J connectivity index is 1.58. The van der Waals surface area contributed by atoms with Gasteiger partial charge in [0.1, 0.15) is 19.0 Å². The van der Waals surface area contributed by atoms with E-state index in [1.807, 2.05) is 0 Å². The Morgan fingerprint density at radius 2 is 2.04 bits per heavy atom. The SMILES string of the molecule is Cc1cc(NC(=O)CN(C)C(=O)Cc2cc(Cl)c3c(c2)OCCO3)no1. The molecular formula is C17H18ClN3O5. The Kier molecular flexibility index (Phi) is 5.32. The predicted molar refractivity (Wildman–Crippen MR) is 93.7 cm³/mol. The number of amides is 2. The fourth-order valence-corrected chi connectivity index (χ4v) is 2.77. The van der Waals surface area contributed by atoms with Gasteiger partial charge in [-0.25, -0.2) is 0 Å². The first-order chi connectivity index (χ1) is 12.4. The minimum atomic E-state index is -0.366. The van der Waals surface area contributed by atoms with Crippen molar-refractivity contribution in [2.45, 2.75) is 13.3 Å². The molecule has 1 aliphatic rings. The quantitative estimate of drug-likeness (QED) is 0.854. The number of halogens is 1. The molecule has 2 amide bonds. The highest BCUT2D eigenvalue weighted by Gasteiger charge is 2.19. The van der Waals surface area contributed by atoms with Gasteiger partial charge in [-0.2, -0.15) is 0 Å². The maximum Gasteiger partial charge on any atom is 0.245 e. The van der Waals surface area contributed by atoms with Crippen molar-refractivity contribution < 1.29 is 23.6 Å². The Hall–Kier alpha value is -2.74. The molecule has 0 saturated heterocycles. The van der Waals surface area contributed by atoms with Crippen LogP contribution >= 0.6 is 11.6 Å². The average Bonchev–Trinajstić information content (AvgIpc) is 2.99. The number of aromatic nitrogens is 1. The number of nitrogens with one attached hydrogen (secondary N) is 1. The van der Waals surface area contributed by atoms with Crippen LogP contribution in [0.15, 0.2) is 22.7 Å². The molecule has 1 aromatic carbocycles. The average molecular weight is 380 g/mol. The molecule has 0 unspecified atom stereocenters. The van der Waals surface area contributed by atoms with Crippen molar-refractivity contribution in [3.63, 3.8) is 0 Å². The maximum absolute atomic E-state index is 12.4. The van der Waals surface area contributed by atoms with Crippen molar-refractivity contribution in [1.29, 1.82) is 0 Å². The van der Waals surface area contributed by atoms with Crippen molar-refractivity contribution in [2.24, 2.45) is 0 Å². The van der Waals surface area contributed by atoms with Crippen LogP contribution in [0.1, 0.15) is 11.3 Å². The van der Waals surface area contributed by atoms with Gasteiger partial charge in [0.2, 0.25) is 11.8 Å². The minimum Gasteiger partial charge on any atom is -0.486 e. The van der Waals surface area contributed by atoms with E-state index in [1.54, 1.807) is 32.2 Å². The summed E-state index contributed by atoms with van der Waals surface area (Å²) in [6.07, 6.45) is 0.0865. The number of rotatable bonds is 5. The summed E-state index contributed by atoms with van der Waals surface area (Å²) < 4.78 is 15.8. The summed E-state index contributed by atoms with van der Waals surface area (Å²) in [5.74, 6) is 1.31. The van der Waals surface area contributed by atoms with Crippen LogP contribution in [0.3, 0.4) is 0 Å². The molecule has 26 heavy (non-hydrogen) atoms. The van der Waals surface area contributed by atoms with Crippen molar-refractivity contribution in [2.75, 3.05) is 32.1 Å².